The highest BCUT2D eigenvalue weighted by Gasteiger charge is 2.20. The van der Waals surface area contributed by atoms with Crippen LogP contribution in [0.25, 0.3) is 17.1 Å². The topological polar surface area (TPSA) is 106 Å². The third-order valence-corrected chi connectivity index (χ3v) is 6.13. The van der Waals surface area contributed by atoms with Gasteiger partial charge in [-0.1, -0.05) is 57.2 Å². The van der Waals surface area contributed by atoms with Crippen molar-refractivity contribution in [2.75, 3.05) is 11.1 Å². The number of anilines is 1. The molecule has 2 heterocycles. The number of nitrogens with one attached hydrogen (secondary N) is 1. The second-order valence-electron chi connectivity index (χ2n) is 6.10. The normalized spacial score (nSPS) is 10.9. The number of rotatable bonds is 6. The third-order valence-electron chi connectivity index (χ3n) is 3.95. The van der Waals surface area contributed by atoms with Gasteiger partial charge in [-0.2, -0.15) is 0 Å². The first-order valence-corrected chi connectivity index (χ1v) is 11.3. The molecule has 0 spiro atoms. The number of aromatic nitrogens is 5. The van der Waals surface area contributed by atoms with E-state index in [1.54, 1.807) is 18.2 Å². The Morgan fingerprint density at radius 2 is 1.97 bits per heavy atom. The molecule has 2 aromatic carbocycles. The number of phenolic OH excluding ortho intramolecular Hbond substituents is 1. The molecule has 0 aliphatic carbocycles. The van der Waals surface area contributed by atoms with Crippen molar-refractivity contribution >= 4 is 50.1 Å². The second-order valence-corrected chi connectivity index (χ2v) is 9.14. The maximum atomic E-state index is 12.3. The van der Waals surface area contributed by atoms with E-state index in [0.29, 0.717) is 21.7 Å². The number of phenols is 1. The number of hydrogen-bond donors (Lipinski definition) is 2. The van der Waals surface area contributed by atoms with Crippen LogP contribution in [-0.4, -0.2) is 41.7 Å². The number of aryl methyl sites for hydroxylation is 1. The van der Waals surface area contributed by atoms with Crippen LogP contribution < -0.4 is 5.32 Å². The Morgan fingerprint density at radius 3 is 2.70 bits per heavy atom. The lowest BCUT2D eigenvalue weighted by Gasteiger charge is -2.11. The maximum absolute atomic E-state index is 12.3. The predicted molar refractivity (Wildman–Crippen MR) is 120 cm³/mol. The van der Waals surface area contributed by atoms with Gasteiger partial charge in [-0.25, -0.2) is 0 Å². The van der Waals surface area contributed by atoms with Gasteiger partial charge in [0.15, 0.2) is 11.0 Å². The zero-order valence-electron chi connectivity index (χ0n) is 15.6. The number of aromatic hydroxyl groups is 1. The summed E-state index contributed by atoms with van der Waals surface area (Å²) >= 11 is 5.98. The molecule has 8 nitrogen and oxygen atoms in total. The van der Waals surface area contributed by atoms with E-state index in [1.165, 1.54) is 23.1 Å². The quantitative estimate of drug-likeness (QED) is 0.378. The van der Waals surface area contributed by atoms with Crippen LogP contribution in [0.2, 0.25) is 0 Å². The molecule has 2 N–H and O–H groups in total. The molecule has 0 unspecified atom stereocenters. The van der Waals surface area contributed by atoms with E-state index in [4.69, 9.17) is 0 Å². The summed E-state index contributed by atoms with van der Waals surface area (Å²) in [7, 11) is 0. The Hall–Kier alpha value is -2.76. The molecular formula is C19H15BrN6O2S2. The van der Waals surface area contributed by atoms with Gasteiger partial charge in [-0.05, 0) is 37.3 Å². The highest BCUT2D eigenvalue weighted by Crippen LogP contribution is 2.34. The van der Waals surface area contributed by atoms with Crippen LogP contribution in [0.15, 0.2) is 58.2 Å². The van der Waals surface area contributed by atoms with E-state index in [0.717, 1.165) is 15.2 Å². The largest absolute Gasteiger partial charge is 0.507 e. The maximum Gasteiger partial charge on any atom is 0.236 e. The Labute approximate surface area is 188 Å². The minimum Gasteiger partial charge on any atom is -0.507 e. The zero-order chi connectivity index (χ0) is 21.1. The molecule has 152 valence electrons. The van der Waals surface area contributed by atoms with E-state index in [2.05, 4.69) is 41.6 Å². The number of nitrogens with zero attached hydrogens (tertiary/aromatic N) is 5. The fraction of sp³-hybridized carbons (Fsp3) is 0.105. The number of carbonyl (C=O) groups excluding carboxylic acids is 1. The molecule has 2 aromatic heterocycles. The molecule has 30 heavy (non-hydrogen) atoms. The summed E-state index contributed by atoms with van der Waals surface area (Å²) in [6.45, 7) is 1.82. The number of para-hydroxylation sites is 1. The van der Waals surface area contributed by atoms with Gasteiger partial charge < -0.3 is 5.11 Å². The summed E-state index contributed by atoms with van der Waals surface area (Å²) in [4.78, 5) is 12.3. The van der Waals surface area contributed by atoms with Crippen molar-refractivity contribution in [3.8, 4) is 22.8 Å². The molecule has 0 fully saturated rings. The molecule has 0 bridgehead atoms. The van der Waals surface area contributed by atoms with Crippen molar-refractivity contribution in [2.45, 2.75) is 12.1 Å². The summed E-state index contributed by atoms with van der Waals surface area (Å²) in [5, 5.41) is 31.2. The van der Waals surface area contributed by atoms with Gasteiger partial charge in [0.2, 0.25) is 11.0 Å². The van der Waals surface area contributed by atoms with Crippen molar-refractivity contribution in [3.63, 3.8) is 0 Å². The van der Waals surface area contributed by atoms with Crippen LogP contribution in [0.3, 0.4) is 0 Å². The molecule has 0 aliphatic rings. The van der Waals surface area contributed by atoms with Gasteiger partial charge in [0.25, 0.3) is 0 Å². The second kappa shape index (κ2) is 8.94. The third kappa shape index (κ3) is 4.53. The minimum atomic E-state index is -0.217. The fourth-order valence-corrected chi connectivity index (χ4v) is 4.39. The Bertz CT molecular complexity index is 1190. The average molecular weight is 503 g/mol. The van der Waals surface area contributed by atoms with Crippen LogP contribution in [0.1, 0.15) is 5.01 Å². The molecular weight excluding hydrogens is 488 g/mol. The molecule has 4 rings (SSSR count). The monoisotopic (exact) mass is 502 g/mol. The van der Waals surface area contributed by atoms with E-state index in [9.17, 15) is 9.90 Å². The first-order chi connectivity index (χ1) is 14.5. The van der Waals surface area contributed by atoms with Gasteiger partial charge in [0.1, 0.15) is 10.8 Å². The van der Waals surface area contributed by atoms with Crippen molar-refractivity contribution in [1.29, 1.82) is 0 Å². The number of halogens is 1. The Kier molecular flexibility index (Phi) is 6.11. The molecule has 1 amide bonds. The van der Waals surface area contributed by atoms with Crippen LogP contribution >= 0.6 is 39.0 Å². The van der Waals surface area contributed by atoms with E-state index < -0.39 is 0 Å². The minimum absolute atomic E-state index is 0.0868. The lowest BCUT2D eigenvalue weighted by Crippen LogP contribution is -2.14. The summed E-state index contributed by atoms with van der Waals surface area (Å²) in [6, 6.07) is 14.7. The zero-order valence-corrected chi connectivity index (χ0v) is 18.8. The lowest BCUT2D eigenvalue weighted by molar-refractivity contribution is -0.113. The van der Waals surface area contributed by atoms with Crippen molar-refractivity contribution < 1.29 is 9.90 Å². The fourth-order valence-electron chi connectivity index (χ4n) is 2.67. The lowest BCUT2D eigenvalue weighted by atomic mass is 10.2. The van der Waals surface area contributed by atoms with Crippen LogP contribution in [0, 0.1) is 6.92 Å². The number of hydrogen-bond acceptors (Lipinski definition) is 8. The molecule has 0 atom stereocenters. The van der Waals surface area contributed by atoms with Crippen LogP contribution in [0.4, 0.5) is 5.13 Å². The molecule has 0 radical (unpaired) electrons. The SMILES string of the molecule is Cc1nnc(NC(=O)CSc2nnc(-c3cc(Br)ccc3O)n2-c2ccccc2)s1. The van der Waals surface area contributed by atoms with Crippen LogP contribution in [0.5, 0.6) is 5.75 Å². The number of thioether (sulfide) groups is 1. The summed E-state index contributed by atoms with van der Waals surface area (Å²) in [5.41, 5.74) is 1.35. The van der Waals surface area contributed by atoms with E-state index >= 15 is 0 Å². The summed E-state index contributed by atoms with van der Waals surface area (Å²) in [6.07, 6.45) is 0. The van der Waals surface area contributed by atoms with Gasteiger partial charge in [0.05, 0.1) is 11.3 Å². The number of carbonyl (C=O) groups is 1. The van der Waals surface area contributed by atoms with E-state index in [-0.39, 0.29) is 17.4 Å². The first kappa shape index (κ1) is 20.5. The molecule has 4 aromatic rings. The smallest absolute Gasteiger partial charge is 0.236 e. The Balaban J connectivity index is 1.64. The van der Waals surface area contributed by atoms with Gasteiger partial charge >= 0.3 is 0 Å². The highest BCUT2D eigenvalue weighted by molar-refractivity contribution is 9.10. The standard InChI is InChI=1S/C19H15BrN6O2S2/c1-11-22-24-18(30-11)21-16(28)10-29-19-25-23-17(14-9-12(20)7-8-15(14)27)26(19)13-5-3-2-4-6-13/h2-9,27H,10H2,1H3,(H,21,24,28). The molecule has 0 saturated heterocycles. The molecule has 0 aliphatic heterocycles. The Morgan fingerprint density at radius 1 is 1.17 bits per heavy atom. The van der Waals surface area contributed by atoms with Crippen LogP contribution in [-0.2, 0) is 4.79 Å². The van der Waals surface area contributed by atoms with Crippen molar-refractivity contribution in [3.05, 3.63) is 58.0 Å². The molecule has 0 saturated carbocycles. The van der Waals surface area contributed by atoms with Gasteiger partial charge in [-0.3, -0.25) is 14.7 Å². The summed E-state index contributed by atoms with van der Waals surface area (Å²) < 4.78 is 2.62. The first-order valence-electron chi connectivity index (χ1n) is 8.74. The highest BCUT2D eigenvalue weighted by atomic mass is 79.9. The average Bonchev–Trinajstić information content (AvgIpc) is 3.34. The van der Waals surface area contributed by atoms with Crippen molar-refractivity contribution in [1.82, 2.24) is 25.0 Å². The summed E-state index contributed by atoms with van der Waals surface area (Å²) in [5.74, 6) is 0.464. The number of benzene rings is 2. The van der Waals surface area contributed by atoms with Gasteiger partial charge in [0, 0.05) is 10.2 Å². The predicted octanol–water partition coefficient (Wildman–Crippen LogP) is 4.29. The molecule has 11 heteroatoms. The van der Waals surface area contributed by atoms with Crippen molar-refractivity contribution in [2.24, 2.45) is 0 Å². The number of amides is 1. The van der Waals surface area contributed by atoms with Gasteiger partial charge in [-0.15, -0.1) is 20.4 Å². The van der Waals surface area contributed by atoms with E-state index in [1.807, 2.05) is 41.8 Å².